The quantitative estimate of drug-likeness (QED) is 0.581. The molecule has 0 atom stereocenters. The Hall–Kier alpha value is -3.32. The molecule has 4 rings (SSSR count). The number of nitrogens with zero attached hydrogens (tertiary/aromatic N) is 2. The van der Waals surface area contributed by atoms with Gasteiger partial charge in [0.25, 0.3) is 0 Å². The molecular formula is C23H23N3O3S. The van der Waals surface area contributed by atoms with Gasteiger partial charge in [0.15, 0.2) is 0 Å². The summed E-state index contributed by atoms with van der Waals surface area (Å²) in [6.45, 7) is 0.983. The standard InChI is InChI=1S/C23H23N3O3S/c1-28-17-7-3-15(4-8-17)11-12-26-13-20(27)21(22(26)24)23-25-19(14-30-23)16-5-9-18(29-2)10-6-16/h3-10,14,24,27H,11-13H2,1-2H3. The number of nitrogens with one attached hydrogen (secondary N) is 1. The molecule has 2 aromatic carbocycles. The Kier molecular flexibility index (Phi) is 5.72. The van der Waals surface area contributed by atoms with E-state index in [1.54, 1.807) is 14.2 Å². The van der Waals surface area contributed by atoms with Gasteiger partial charge in [-0.3, -0.25) is 5.41 Å². The lowest BCUT2D eigenvalue weighted by Crippen LogP contribution is -2.28. The minimum Gasteiger partial charge on any atom is -0.510 e. The molecule has 0 saturated carbocycles. The number of aliphatic hydroxyl groups is 1. The average molecular weight is 422 g/mol. The molecule has 2 heterocycles. The van der Waals surface area contributed by atoms with Crippen LogP contribution in [0.2, 0.25) is 0 Å². The van der Waals surface area contributed by atoms with Crippen molar-refractivity contribution in [3.8, 4) is 22.8 Å². The van der Waals surface area contributed by atoms with Crippen LogP contribution in [0.4, 0.5) is 0 Å². The lowest BCUT2D eigenvalue weighted by atomic mass is 10.1. The Balaban J connectivity index is 1.45. The third kappa shape index (κ3) is 4.02. The monoisotopic (exact) mass is 421 g/mol. The second-order valence-corrected chi connectivity index (χ2v) is 7.81. The van der Waals surface area contributed by atoms with Gasteiger partial charge in [-0.1, -0.05) is 12.1 Å². The minimum atomic E-state index is 0.199. The van der Waals surface area contributed by atoms with E-state index in [2.05, 4.69) is 4.98 Å². The number of ether oxygens (including phenoxy) is 2. The van der Waals surface area contributed by atoms with Crippen molar-refractivity contribution in [2.45, 2.75) is 6.42 Å². The molecule has 154 valence electrons. The number of benzene rings is 2. The number of hydrogen-bond acceptors (Lipinski definition) is 6. The molecular weight excluding hydrogens is 398 g/mol. The van der Waals surface area contributed by atoms with E-state index in [0.717, 1.165) is 34.7 Å². The smallest absolute Gasteiger partial charge is 0.135 e. The van der Waals surface area contributed by atoms with Crippen LogP contribution < -0.4 is 9.47 Å². The molecule has 0 saturated heterocycles. The SMILES string of the molecule is COc1ccc(CCN2CC(O)=C(c3nc(-c4ccc(OC)cc4)cs3)C2=N)cc1. The van der Waals surface area contributed by atoms with Crippen molar-refractivity contribution in [1.29, 1.82) is 5.41 Å². The Morgan fingerprint density at radius 1 is 1.03 bits per heavy atom. The highest BCUT2D eigenvalue weighted by molar-refractivity contribution is 7.11. The first-order valence-electron chi connectivity index (χ1n) is 9.58. The summed E-state index contributed by atoms with van der Waals surface area (Å²) in [6, 6.07) is 15.6. The lowest BCUT2D eigenvalue weighted by Gasteiger charge is -2.18. The molecule has 2 N–H and O–H groups in total. The first-order chi connectivity index (χ1) is 14.6. The highest BCUT2D eigenvalue weighted by Gasteiger charge is 2.30. The van der Waals surface area contributed by atoms with E-state index in [4.69, 9.17) is 14.9 Å². The third-order valence-corrected chi connectivity index (χ3v) is 5.98. The van der Waals surface area contributed by atoms with E-state index in [9.17, 15) is 5.11 Å². The van der Waals surface area contributed by atoms with Crippen LogP contribution in [0.5, 0.6) is 11.5 Å². The van der Waals surface area contributed by atoms with Crippen molar-refractivity contribution in [3.05, 3.63) is 70.2 Å². The highest BCUT2D eigenvalue weighted by Crippen LogP contribution is 2.32. The van der Waals surface area contributed by atoms with Crippen molar-refractivity contribution < 1.29 is 14.6 Å². The molecule has 0 amide bonds. The van der Waals surface area contributed by atoms with Gasteiger partial charge in [-0.05, 0) is 48.4 Å². The Morgan fingerprint density at radius 2 is 1.67 bits per heavy atom. The summed E-state index contributed by atoms with van der Waals surface area (Å²) >= 11 is 1.44. The highest BCUT2D eigenvalue weighted by atomic mass is 32.1. The normalized spacial score (nSPS) is 13.8. The van der Waals surface area contributed by atoms with Gasteiger partial charge in [-0.15, -0.1) is 11.3 Å². The lowest BCUT2D eigenvalue weighted by molar-refractivity contribution is 0.351. The molecule has 30 heavy (non-hydrogen) atoms. The summed E-state index contributed by atoms with van der Waals surface area (Å²) in [5.74, 6) is 2.13. The molecule has 3 aromatic rings. The number of aliphatic hydroxyl groups excluding tert-OH is 1. The molecule has 1 aliphatic rings. The van der Waals surface area contributed by atoms with Crippen LogP contribution in [0, 0.1) is 5.41 Å². The molecule has 6 nitrogen and oxygen atoms in total. The summed E-state index contributed by atoms with van der Waals surface area (Å²) in [6.07, 6.45) is 0.780. The number of methoxy groups -OCH3 is 2. The predicted molar refractivity (Wildman–Crippen MR) is 120 cm³/mol. The maximum absolute atomic E-state index is 10.5. The van der Waals surface area contributed by atoms with Crippen molar-refractivity contribution in [2.75, 3.05) is 27.3 Å². The van der Waals surface area contributed by atoms with Crippen LogP contribution in [0.15, 0.2) is 59.7 Å². The second kappa shape index (κ2) is 8.59. The van der Waals surface area contributed by atoms with Crippen LogP contribution in [0.3, 0.4) is 0 Å². The van der Waals surface area contributed by atoms with Crippen LogP contribution in [0.1, 0.15) is 10.6 Å². The van der Waals surface area contributed by atoms with E-state index in [0.29, 0.717) is 29.5 Å². The topological polar surface area (TPSA) is 78.7 Å². The van der Waals surface area contributed by atoms with Gasteiger partial charge in [0.1, 0.15) is 28.1 Å². The zero-order valence-corrected chi connectivity index (χ0v) is 17.7. The zero-order valence-electron chi connectivity index (χ0n) is 16.9. The van der Waals surface area contributed by atoms with E-state index in [1.807, 2.05) is 58.8 Å². The van der Waals surface area contributed by atoms with Crippen molar-refractivity contribution in [2.24, 2.45) is 0 Å². The van der Waals surface area contributed by atoms with Gasteiger partial charge in [-0.2, -0.15) is 0 Å². The van der Waals surface area contributed by atoms with E-state index in [-0.39, 0.29) is 5.76 Å². The fourth-order valence-corrected chi connectivity index (χ4v) is 4.28. The fourth-order valence-electron chi connectivity index (χ4n) is 3.39. The molecule has 0 bridgehead atoms. The predicted octanol–water partition coefficient (Wildman–Crippen LogP) is 4.63. The fraction of sp³-hybridized carbons (Fsp3) is 0.217. The number of amidine groups is 1. The molecule has 1 aromatic heterocycles. The minimum absolute atomic E-state index is 0.199. The summed E-state index contributed by atoms with van der Waals surface area (Å²) in [5, 5.41) is 21.7. The Labute approximate surface area is 179 Å². The van der Waals surface area contributed by atoms with E-state index in [1.165, 1.54) is 11.3 Å². The molecule has 0 spiro atoms. The van der Waals surface area contributed by atoms with Crippen LogP contribution in [-0.4, -0.2) is 48.1 Å². The van der Waals surface area contributed by atoms with Gasteiger partial charge < -0.3 is 19.5 Å². The van der Waals surface area contributed by atoms with Gasteiger partial charge in [0.05, 0.1) is 32.0 Å². The van der Waals surface area contributed by atoms with Gasteiger partial charge >= 0.3 is 0 Å². The Morgan fingerprint density at radius 3 is 2.30 bits per heavy atom. The average Bonchev–Trinajstić information content (AvgIpc) is 3.36. The molecule has 0 radical (unpaired) electrons. The number of rotatable bonds is 7. The maximum Gasteiger partial charge on any atom is 0.135 e. The third-order valence-electron chi connectivity index (χ3n) is 5.12. The molecule has 7 heteroatoms. The summed E-state index contributed by atoms with van der Waals surface area (Å²) in [4.78, 5) is 6.55. The Bertz CT molecular complexity index is 1070. The first-order valence-corrected chi connectivity index (χ1v) is 10.5. The van der Waals surface area contributed by atoms with Crippen LogP contribution in [-0.2, 0) is 6.42 Å². The van der Waals surface area contributed by atoms with Crippen LogP contribution >= 0.6 is 11.3 Å². The maximum atomic E-state index is 10.5. The summed E-state index contributed by atoms with van der Waals surface area (Å²) in [7, 11) is 3.28. The van der Waals surface area contributed by atoms with Crippen molar-refractivity contribution in [3.63, 3.8) is 0 Å². The first kappa shape index (κ1) is 20.0. The zero-order chi connectivity index (χ0) is 21.1. The number of hydrogen-bond donors (Lipinski definition) is 2. The van der Waals surface area contributed by atoms with Gasteiger partial charge in [-0.25, -0.2) is 4.98 Å². The number of thiazole rings is 1. The summed E-state index contributed by atoms with van der Waals surface area (Å²) < 4.78 is 10.4. The van der Waals surface area contributed by atoms with Crippen LogP contribution in [0.25, 0.3) is 16.8 Å². The molecule has 0 unspecified atom stereocenters. The van der Waals surface area contributed by atoms with Gasteiger partial charge in [0.2, 0.25) is 0 Å². The molecule has 0 fully saturated rings. The number of aromatic nitrogens is 1. The molecule has 1 aliphatic heterocycles. The van der Waals surface area contributed by atoms with E-state index >= 15 is 0 Å². The van der Waals surface area contributed by atoms with Crippen molar-refractivity contribution >= 4 is 22.7 Å². The second-order valence-electron chi connectivity index (χ2n) is 6.96. The van der Waals surface area contributed by atoms with E-state index < -0.39 is 0 Å². The summed E-state index contributed by atoms with van der Waals surface area (Å²) in [5.41, 5.74) is 3.48. The van der Waals surface area contributed by atoms with Gasteiger partial charge in [0, 0.05) is 17.5 Å². The largest absolute Gasteiger partial charge is 0.510 e. The van der Waals surface area contributed by atoms with Crippen molar-refractivity contribution in [1.82, 2.24) is 9.88 Å². The molecule has 0 aliphatic carbocycles.